The number of para-hydroxylation sites is 1. The van der Waals surface area contributed by atoms with Crippen LogP contribution in [0, 0.1) is 0 Å². The lowest BCUT2D eigenvalue weighted by Crippen LogP contribution is -2.47. The van der Waals surface area contributed by atoms with Gasteiger partial charge in [0, 0.05) is 36.8 Å². The molecule has 2 fully saturated rings. The van der Waals surface area contributed by atoms with Crippen LogP contribution >= 0.6 is 0 Å². The lowest BCUT2D eigenvalue weighted by atomic mass is 9.64. The number of fused-ring (bicyclic) bond motifs is 2. The van der Waals surface area contributed by atoms with Gasteiger partial charge in [0.15, 0.2) is 0 Å². The summed E-state index contributed by atoms with van der Waals surface area (Å²) >= 11 is 0. The topological polar surface area (TPSA) is 131 Å². The predicted molar refractivity (Wildman–Crippen MR) is 153 cm³/mol. The van der Waals surface area contributed by atoms with Gasteiger partial charge in [0.2, 0.25) is 0 Å². The monoisotopic (exact) mass is 583 g/mol. The average Bonchev–Trinajstić information content (AvgIpc) is 3.19. The van der Waals surface area contributed by atoms with Gasteiger partial charge in [0.1, 0.15) is 22.0 Å². The minimum Gasteiger partial charge on any atom is -0.495 e. The summed E-state index contributed by atoms with van der Waals surface area (Å²) in [5, 5.41) is 3.06. The highest BCUT2D eigenvalue weighted by Crippen LogP contribution is 2.52. The van der Waals surface area contributed by atoms with Crippen LogP contribution in [0.5, 0.6) is 5.75 Å². The van der Waals surface area contributed by atoms with E-state index in [9.17, 15) is 22.8 Å². The Labute approximate surface area is 240 Å². The van der Waals surface area contributed by atoms with Gasteiger partial charge < -0.3 is 19.7 Å². The lowest BCUT2D eigenvalue weighted by Gasteiger charge is -2.38. The van der Waals surface area contributed by atoms with Crippen molar-refractivity contribution in [3.05, 3.63) is 53.1 Å². The number of hydrogen-bond acceptors (Lipinski definition) is 7. The molecule has 0 atom stereocenters. The number of ketones is 1. The van der Waals surface area contributed by atoms with Crippen molar-refractivity contribution in [1.29, 1.82) is 0 Å². The number of nitrogens with one attached hydrogen (secondary N) is 2. The SMILES string of the molecule is COc1ccccc1S(=O)(=O)Nc1cc(C(=O)NC2CCN(C(=O)OC(C)(C)C)CC2)c2c(c1)C1(CCC1)C(=O)C2. The van der Waals surface area contributed by atoms with Gasteiger partial charge in [-0.25, -0.2) is 13.2 Å². The number of likely N-dealkylation sites (tertiary alicyclic amines) is 1. The molecule has 41 heavy (non-hydrogen) atoms. The maximum atomic E-state index is 13.7. The lowest BCUT2D eigenvalue weighted by molar-refractivity contribution is -0.125. The molecule has 11 heteroatoms. The van der Waals surface area contributed by atoms with Crippen LogP contribution in [0.4, 0.5) is 10.5 Å². The van der Waals surface area contributed by atoms with E-state index in [1.807, 2.05) is 20.8 Å². The summed E-state index contributed by atoms with van der Waals surface area (Å²) in [4.78, 5) is 40.9. The summed E-state index contributed by atoms with van der Waals surface area (Å²) in [6.07, 6.45) is 3.15. The first-order valence-electron chi connectivity index (χ1n) is 14.0. The molecule has 1 aliphatic heterocycles. The van der Waals surface area contributed by atoms with Crippen LogP contribution < -0.4 is 14.8 Å². The molecule has 5 rings (SSSR count). The average molecular weight is 584 g/mol. The molecule has 1 spiro atoms. The summed E-state index contributed by atoms with van der Waals surface area (Å²) in [6.45, 7) is 6.34. The summed E-state index contributed by atoms with van der Waals surface area (Å²) < 4.78 is 40.1. The Morgan fingerprint density at radius 3 is 2.37 bits per heavy atom. The summed E-state index contributed by atoms with van der Waals surface area (Å²) in [6, 6.07) is 9.34. The molecule has 2 aliphatic carbocycles. The van der Waals surface area contributed by atoms with E-state index in [4.69, 9.17) is 9.47 Å². The molecule has 10 nitrogen and oxygen atoms in total. The number of carbonyl (C=O) groups excluding carboxylic acids is 3. The van der Waals surface area contributed by atoms with Gasteiger partial charge >= 0.3 is 6.09 Å². The zero-order chi connectivity index (χ0) is 29.6. The fourth-order valence-electron chi connectivity index (χ4n) is 5.96. The van der Waals surface area contributed by atoms with Crippen molar-refractivity contribution in [3.8, 4) is 5.75 Å². The minimum absolute atomic E-state index is 0.0276. The number of ether oxygens (including phenoxy) is 2. The Morgan fingerprint density at radius 2 is 1.76 bits per heavy atom. The largest absolute Gasteiger partial charge is 0.495 e. The van der Waals surface area contributed by atoms with Crippen molar-refractivity contribution < 1.29 is 32.3 Å². The van der Waals surface area contributed by atoms with Crippen molar-refractivity contribution in [2.45, 2.75) is 81.2 Å². The summed E-state index contributed by atoms with van der Waals surface area (Å²) in [5.41, 5.74) is 0.676. The number of methoxy groups -OCH3 is 1. The zero-order valence-corrected chi connectivity index (χ0v) is 24.7. The number of Topliss-reactive ketones (excluding diaryl/α,β-unsaturated/α-hetero) is 1. The maximum Gasteiger partial charge on any atom is 0.410 e. The number of carbonyl (C=O) groups is 3. The molecule has 2 amide bonds. The molecule has 3 aliphatic rings. The van der Waals surface area contributed by atoms with E-state index in [-0.39, 0.29) is 46.6 Å². The Hall–Kier alpha value is -3.60. The Morgan fingerprint density at radius 1 is 1.07 bits per heavy atom. The number of sulfonamides is 1. The molecule has 1 saturated carbocycles. The third-order valence-corrected chi connectivity index (χ3v) is 9.60. The highest BCUT2D eigenvalue weighted by atomic mass is 32.2. The number of hydrogen-bond donors (Lipinski definition) is 2. The van der Waals surface area contributed by atoms with Crippen LogP contribution in [0.2, 0.25) is 0 Å². The van der Waals surface area contributed by atoms with Gasteiger partial charge in [-0.05, 0) is 81.8 Å². The van der Waals surface area contributed by atoms with Crippen LogP contribution in [0.25, 0.3) is 0 Å². The fraction of sp³-hybridized carbons (Fsp3) is 0.500. The molecule has 0 bridgehead atoms. The van der Waals surface area contributed by atoms with E-state index < -0.39 is 21.0 Å². The zero-order valence-electron chi connectivity index (χ0n) is 23.9. The normalized spacial score (nSPS) is 18.4. The Balaban J connectivity index is 1.39. The van der Waals surface area contributed by atoms with Gasteiger partial charge in [0.05, 0.1) is 12.5 Å². The summed E-state index contributed by atoms with van der Waals surface area (Å²) in [7, 11) is -2.65. The second-order valence-electron chi connectivity index (χ2n) is 12.1. The number of piperidine rings is 1. The molecule has 220 valence electrons. The van der Waals surface area contributed by atoms with E-state index in [2.05, 4.69) is 10.0 Å². The second kappa shape index (κ2) is 10.7. The van der Waals surface area contributed by atoms with E-state index in [0.29, 0.717) is 49.9 Å². The van der Waals surface area contributed by atoms with E-state index in [0.717, 1.165) is 12.0 Å². The summed E-state index contributed by atoms with van der Waals surface area (Å²) in [5.74, 6) is -0.0924. The van der Waals surface area contributed by atoms with E-state index in [1.165, 1.54) is 19.2 Å². The highest BCUT2D eigenvalue weighted by molar-refractivity contribution is 7.92. The van der Waals surface area contributed by atoms with Gasteiger partial charge in [-0.15, -0.1) is 0 Å². The number of anilines is 1. The number of nitrogens with zero attached hydrogens (tertiary/aromatic N) is 1. The smallest absolute Gasteiger partial charge is 0.410 e. The third-order valence-electron chi connectivity index (χ3n) is 8.18. The molecule has 0 radical (unpaired) electrons. The van der Waals surface area contributed by atoms with Crippen LogP contribution in [0.3, 0.4) is 0 Å². The van der Waals surface area contributed by atoms with E-state index >= 15 is 0 Å². The maximum absolute atomic E-state index is 13.7. The quantitative estimate of drug-likeness (QED) is 0.522. The van der Waals surface area contributed by atoms with Crippen molar-refractivity contribution in [2.24, 2.45) is 0 Å². The minimum atomic E-state index is -4.05. The van der Waals surface area contributed by atoms with Crippen molar-refractivity contribution >= 4 is 33.5 Å². The Bertz CT molecular complexity index is 1480. The van der Waals surface area contributed by atoms with Crippen molar-refractivity contribution in [3.63, 3.8) is 0 Å². The fourth-order valence-corrected chi connectivity index (χ4v) is 7.17. The number of rotatable bonds is 6. The van der Waals surface area contributed by atoms with Crippen molar-refractivity contribution in [1.82, 2.24) is 10.2 Å². The van der Waals surface area contributed by atoms with E-state index in [1.54, 1.807) is 29.2 Å². The highest BCUT2D eigenvalue weighted by Gasteiger charge is 2.51. The van der Waals surface area contributed by atoms with Crippen LogP contribution in [0.15, 0.2) is 41.3 Å². The molecule has 2 N–H and O–H groups in total. The first kappa shape index (κ1) is 28.9. The molecule has 1 heterocycles. The third kappa shape index (κ3) is 5.64. The second-order valence-corrected chi connectivity index (χ2v) is 13.7. The van der Waals surface area contributed by atoms with Crippen molar-refractivity contribution in [2.75, 3.05) is 24.9 Å². The van der Waals surface area contributed by atoms with Gasteiger partial charge in [0.25, 0.3) is 15.9 Å². The first-order valence-corrected chi connectivity index (χ1v) is 15.5. The van der Waals surface area contributed by atoms with Gasteiger partial charge in [-0.2, -0.15) is 0 Å². The molecule has 0 aromatic heterocycles. The van der Waals surface area contributed by atoms with Gasteiger partial charge in [-0.3, -0.25) is 14.3 Å². The number of amides is 2. The van der Waals surface area contributed by atoms with Crippen LogP contribution in [-0.2, 0) is 31.4 Å². The van der Waals surface area contributed by atoms with Crippen LogP contribution in [0.1, 0.15) is 74.4 Å². The molecule has 0 unspecified atom stereocenters. The first-order chi connectivity index (χ1) is 19.3. The molecular formula is C30H37N3O7S. The molecular weight excluding hydrogens is 546 g/mol. The number of benzene rings is 2. The standard InChI is InChI=1S/C30H37N3O7S/c1-29(2,3)40-28(36)33-14-10-19(11-15-33)31-27(35)22-16-20(17-23-21(22)18-26(34)30(23)12-7-13-30)32-41(37,38)25-9-6-5-8-24(25)39-4/h5-6,8-9,16-17,19,32H,7,10-15,18H2,1-4H3,(H,31,35). The molecule has 2 aromatic carbocycles. The molecule has 2 aromatic rings. The molecule has 1 saturated heterocycles. The Kier molecular flexibility index (Phi) is 7.52. The van der Waals surface area contributed by atoms with Crippen LogP contribution in [-0.4, -0.2) is 62.9 Å². The van der Waals surface area contributed by atoms with Gasteiger partial charge in [-0.1, -0.05) is 18.6 Å². The predicted octanol–water partition coefficient (Wildman–Crippen LogP) is 4.17.